The summed E-state index contributed by atoms with van der Waals surface area (Å²) >= 11 is 0. The molecule has 0 saturated carbocycles. The zero-order valence-corrected chi connectivity index (χ0v) is 10.6. The summed E-state index contributed by atoms with van der Waals surface area (Å²) in [5.74, 6) is 0.898. The zero-order chi connectivity index (χ0) is 12.0. The van der Waals surface area contributed by atoms with Crippen molar-refractivity contribution in [3.63, 3.8) is 0 Å². The van der Waals surface area contributed by atoms with Gasteiger partial charge in [-0.2, -0.15) is 0 Å². The van der Waals surface area contributed by atoms with Gasteiger partial charge in [0.25, 0.3) is 0 Å². The van der Waals surface area contributed by atoms with Crippen LogP contribution in [-0.2, 0) is 12.8 Å². The molecule has 1 N–H and O–H groups in total. The minimum absolute atomic E-state index is 0.255. The fourth-order valence-electron chi connectivity index (χ4n) is 3.05. The Kier molecular flexibility index (Phi) is 2.44. The molecule has 0 aromatic heterocycles. The molecule has 0 fully saturated rings. The third-order valence-electron chi connectivity index (χ3n) is 3.90. The second kappa shape index (κ2) is 3.74. The molecule has 0 radical (unpaired) electrons. The maximum Gasteiger partial charge on any atom is 0.126 e. The number of rotatable bonds is 0. The van der Waals surface area contributed by atoms with E-state index in [-0.39, 0.29) is 11.7 Å². The molecular weight excluding hydrogens is 212 g/mol. The molecule has 1 atom stereocenters. The van der Waals surface area contributed by atoms with E-state index in [4.69, 9.17) is 4.74 Å². The van der Waals surface area contributed by atoms with Gasteiger partial charge in [-0.3, -0.25) is 0 Å². The van der Waals surface area contributed by atoms with Crippen LogP contribution in [-0.4, -0.2) is 10.7 Å². The van der Waals surface area contributed by atoms with Gasteiger partial charge in [0.15, 0.2) is 0 Å². The Balaban J connectivity index is 2.07. The van der Waals surface area contributed by atoms with Crippen LogP contribution in [0, 0.1) is 0 Å². The Morgan fingerprint density at radius 3 is 2.53 bits per heavy atom. The van der Waals surface area contributed by atoms with E-state index in [0.29, 0.717) is 6.42 Å². The molecule has 1 aromatic rings. The quantitative estimate of drug-likeness (QED) is 0.744. The highest BCUT2D eigenvalue weighted by molar-refractivity contribution is 5.46. The lowest BCUT2D eigenvalue weighted by atomic mass is 9.85. The molecule has 0 amide bonds. The minimum Gasteiger partial charge on any atom is -0.487 e. The lowest BCUT2D eigenvalue weighted by Crippen LogP contribution is -2.35. The second-order valence-corrected chi connectivity index (χ2v) is 5.95. The number of benzene rings is 1. The summed E-state index contributed by atoms with van der Waals surface area (Å²) < 4.78 is 6.00. The summed E-state index contributed by atoms with van der Waals surface area (Å²) in [6.07, 6.45) is 5.16. The summed E-state index contributed by atoms with van der Waals surface area (Å²) in [6.45, 7) is 4.08. The van der Waals surface area contributed by atoms with Crippen molar-refractivity contribution in [2.75, 3.05) is 0 Å². The van der Waals surface area contributed by atoms with Crippen LogP contribution in [0.1, 0.15) is 55.9 Å². The van der Waals surface area contributed by atoms with Crippen LogP contribution < -0.4 is 4.74 Å². The third kappa shape index (κ3) is 1.95. The first-order chi connectivity index (χ1) is 8.05. The summed E-state index contributed by atoms with van der Waals surface area (Å²) in [5.41, 5.74) is 3.57. The Morgan fingerprint density at radius 2 is 1.82 bits per heavy atom. The van der Waals surface area contributed by atoms with Crippen molar-refractivity contribution in [3.8, 4) is 5.75 Å². The van der Waals surface area contributed by atoms with E-state index >= 15 is 0 Å². The number of hydrogen-bond acceptors (Lipinski definition) is 2. The van der Waals surface area contributed by atoms with Gasteiger partial charge in [-0.1, -0.05) is 0 Å². The van der Waals surface area contributed by atoms with E-state index in [0.717, 1.165) is 24.2 Å². The van der Waals surface area contributed by atoms with Crippen molar-refractivity contribution in [2.45, 2.75) is 57.7 Å². The minimum atomic E-state index is -0.374. The van der Waals surface area contributed by atoms with Gasteiger partial charge in [-0.15, -0.1) is 0 Å². The Labute approximate surface area is 103 Å². The number of aliphatic hydroxyl groups is 1. The normalized spacial score (nSPS) is 25.7. The SMILES string of the molecule is CC1(C)CC(O)c2cc3c(cc2O1)CCCC3. The molecule has 1 unspecified atom stereocenters. The van der Waals surface area contributed by atoms with Gasteiger partial charge in [-0.25, -0.2) is 0 Å². The smallest absolute Gasteiger partial charge is 0.126 e. The van der Waals surface area contributed by atoms with E-state index in [1.807, 2.05) is 13.8 Å². The van der Waals surface area contributed by atoms with Gasteiger partial charge < -0.3 is 9.84 Å². The molecular formula is C15H20O2. The zero-order valence-electron chi connectivity index (χ0n) is 10.6. The fraction of sp³-hybridized carbons (Fsp3) is 0.600. The molecule has 1 heterocycles. The molecule has 0 saturated heterocycles. The summed E-state index contributed by atoms with van der Waals surface area (Å²) in [4.78, 5) is 0. The topological polar surface area (TPSA) is 29.5 Å². The van der Waals surface area contributed by atoms with Crippen LogP contribution in [0.3, 0.4) is 0 Å². The number of aryl methyl sites for hydroxylation is 2. The van der Waals surface area contributed by atoms with Crippen LogP contribution in [0.4, 0.5) is 0 Å². The van der Waals surface area contributed by atoms with Crippen molar-refractivity contribution in [1.82, 2.24) is 0 Å². The highest BCUT2D eigenvalue weighted by atomic mass is 16.5. The van der Waals surface area contributed by atoms with Crippen molar-refractivity contribution < 1.29 is 9.84 Å². The van der Waals surface area contributed by atoms with E-state index < -0.39 is 0 Å². The highest BCUT2D eigenvalue weighted by Crippen LogP contribution is 2.41. The Hall–Kier alpha value is -1.02. The molecule has 17 heavy (non-hydrogen) atoms. The molecule has 92 valence electrons. The molecule has 2 aliphatic rings. The van der Waals surface area contributed by atoms with Gasteiger partial charge >= 0.3 is 0 Å². The van der Waals surface area contributed by atoms with Gasteiger partial charge in [-0.05, 0) is 62.8 Å². The molecule has 2 heteroatoms. The van der Waals surface area contributed by atoms with Crippen LogP contribution in [0.15, 0.2) is 12.1 Å². The number of fused-ring (bicyclic) bond motifs is 2. The first-order valence-electron chi connectivity index (χ1n) is 6.58. The van der Waals surface area contributed by atoms with Crippen molar-refractivity contribution in [3.05, 3.63) is 28.8 Å². The highest BCUT2D eigenvalue weighted by Gasteiger charge is 2.33. The summed E-state index contributed by atoms with van der Waals surface area (Å²) in [6, 6.07) is 4.33. The molecule has 2 nitrogen and oxygen atoms in total. The lowest BCUT2D eigenvalue weighted by Gasteiger charge is -2.36. The third-order valence-corrected chi connectivity index (χ3v) is 3.90. The van der Waals surface area contributed by atoms with Crippen LogP contribution in [0.25, 0.3) is 0 Å². The van der Waals surface area contributed by atoms with Crippen molar-refractivity contribution in [1.29, 1.82) is 0 Å². The monoisotopic (exact) mass is 232 g/mol. The molecule has 3 rings (SSSR count). The molecule has 1 aliphatic carbocycles. The Bertz CT molecular complexity index is 448. The fourth-order valence-corrected chi connectivity index (χ4v) is 3.05. The predicted octanol–water partition coefficient (Wildman–Crippen LogP) is 3.16. The summed E-state index contributed by atoms with van der Waals surface area (Å²) in [5, 5.41) is 10.2. The number of aliphatic hydroxyl groups excluding tert-OH is 1. The van der Waals surface area contributed by atoms with E-state index in [1.54, 1.807) is 0 Å². The molecule has 1 aliphatic heterocycles. The predicted molar refractivity (Wildman–Crippen MR) is 67.4 cm³/mol. The van der Waals surface area contributed by atoms with E-state index in [2.05, 4.69) is 12.1 Å². The standard InChI is InChI=1S/C15H20O2/c1-15(2)9-13(16)12-7-10-5-3-4-6-11(10)8-14(12)17-15/h7-8,13,16H,3-6,9H2,1-2H3. The number of ether oxygens (including phenoxy) is 1. The maximum atomic E-state index is 10.2. The van der Waals surface area contributed by atoms with E-state index in [1.165, 1.54) is 24.0 Å². The first-order valence-corrected chi connectivity index (χ1v) is 6.58. The summed E-state index contributed by atoms with van der Waals surface area (Å²) in [7, 11) is 0. The molecule has 0 bridgehead atoms. The van der Waals surface area contributed by atoms with Gasteiger partial charge in [0.2, 0.25) is 0 Å². The van der Waals surface area contributed by atoms with Gasteiger partial charge in [0.05, 0.1) is 6.10 Å². The van der Waals surface area contributed by atoms with Crippen LogP contribution in [0.5, 0.6) is 5.75 Å². The van der Waals surface area contributed by atoms with Gasteiger partial charge in [0.1, 0.15) is 11.4 Å². The average Bonchev–Trinajstić information content (AvgIpc) is 2.25. The average molecular weight is 232 g/mol. The Morgan fingerprint density at radius 1 is 1.18 bits per heavy atom. The lowest BCUT2D eigenvalue weighted by molar-refractivity contribution is 0.0114. The van der Waals surface area contributed by atoms with Crippen molar-refractivity contribution >= 4 is 0 Å². The van der Waals surface area contributed by atoms with Crippen LogP contribution in [0.2, 0.25) is 0 Å². The largest absolute Gasteiger partial charge is 0.487 e. The first kappa shape index (κ1) is 11.1. The molecule has 1 aromatic carbocycles. The van der Waals surface area contributed by atoms with Gasteiger partial charge in [0, 0.05) is 12.0 Å². The van der Waals surface area contributed by atoms with Crippen LogP contribution >= 0.6 is 0 Å². The second-order valence-electron chi connectivity index (χ2n) is 5.95. The van der Waals surface area contributed by atoms with E-state index in [9.17, 15) is 5.11 Å². The molecule has 0 spiro atoms. The maximum absolute atomic E-state index is 10.2. The number of hydrogen-bond donors (Lipinski definition) is 1. The van der Waals surface area contributed by atoms with Crippen molar-refractivity contribution in [2.24, 2.45) is 0 Å².